The van der Waals surface area contributed by atoms with Gasteiger partial charge in [0.2, 0.25) is 0 Å². The van der Waals surface area contributed by atoms with Gasteiger partial charge in [0, 0.05) is 13.1 Å². The molecule has 1 aliphatic heterocycles. The highest BCUT2D eigenvalue weighted by molar-refractivity contribution is 6.32. The molecule has 154 valence electrons. The summed E-state index contributed by atoms with van der Waals surface area (Å²) in [6.45, 7) is 1.61. The first-order valence-electron chi connectivity index (χ1n) is 8.11. The SMILES string of the molecule is CC1Oc2cc(Oc3c(F)cc(C(F)(F)F)cc3Cl)ccc2N(C)/C1=C\[N+](=O)[O-]. The number of anilines is 1. The van der Waals surface area contributed by atoms with Crippen LogP contribution in [0.15, 0.2) is 42.2 Å². The average Bonchev–Trinajstić information content (AvgIpc) is 2.60. The number of hydrogen-bond acceptors (Lipinski definition) is 5. The van der Waals surface area contributed by atoms with Gasteiger partial charge < -0.3 is 14.4 Å². The third-order valence-corrected chi connectivity index (χ3v) is 4.46. The van der Waals surface area contributed by atoms with Gasteiger partial charge in [0.1, 0.15) is 23.3 Å². The van der Waals surface area contributed by atoms with E-state index in [9.17, 15) is 27.7 Å². The lowest BCUT2D eigenvalue weighted by Gasteiger charge is -2.33. The van der Waals surface area contributed by atoms with Gasteiger partial charge in [-0.3, -0.25) is 10.1 Å². The number of benzene rings is 2. The van der Waals surface area contributed by atoms with Crippen molar-refractivity contribution in [1.29, 1.82) is 0 Å². The fourth-order valence-electron chi connectivity index (χ4n) is 2.83. The van der Waals surface area contributed by atoms with Gasteiger partial charge in [-0.05, 0) is 31.2 Å². The predicted molar refractivity (Wildman–Crippen MR) is 96.5 cm³/mol. The number of halogens is 5. The van der Waals surface area contributed by atoms with Gasteiger partial charge in [-0.15, -0.1) is 0 Å². The molecule has 11 heteroatoms. The first-order valence-corrected chi connectivity index (χ1v) is 8.49. The molecule has 0 N–H and O–H groups in total. The highest BCUT2D eigenvalue weighted by Gasteiger charge is 2.33. The van der Waals surface area contributed by atoms with E-state index in [-0.39, 0.29) is 5.75 Å². The summed E-state index contributed by atoms with van der Waals surface area (Å²) in [5.41, 5.74) is -0.433. The van der Waals surface area contributed by atoms with E-state index < -0.39 is 39.4 Å². The second-order valence-electron chi connectivity index (χ2n) is 6.16. The van der Waals surface area contributed by atoms with Crippen LogP contribution in [0.25, 0.3) is 0 Å². The van der Waals surface area contributed by atoms with Crippen LogP contribution in [0.5, 0.6) is 17.2 Å². The van der Waals surface area contributed by atoms with E-state index in [1.807, 2.05) is 0 Å². The number of nitrogens with zero attached hydrogens (tertiary/aromatic N) is 2. The number of ether oxygens (including phenoxy) is 2. The standard InChI is InChI=1S/C18H13ClF4N2O4/c1-9-15(8-25(26)27)24(2)14-4-3-11(7-16(14)28-9)29-17-12(19)5-10(6-13(17)20)18(21,22)23/h3-9H,1-2H3/b15-8-. The maximum Gasteiger partial charge on any atom is 0.416 e. The van der Waals surface area contributed by atoms with Crippen molar-refractivity contribution >= 4 is 17.3 Å². The van der Waals surface area contributed by atoms with Gasteiger partial charge in [-0.25, -0.2) is 4.39 Å². The van der Waals surface area contributed by atoms with E-state index >= 15 is 0 Å². The van der Waals surface area contributed by atoms with E-state index in [1.165, 1.54) is 18.2 Å². The fraction of sp³-hybridized carbons (Fsp3) is 0.222. The van der Waals surface area contributed by atoms with Crippen LogP contribution in [0.1, 0.15) is 12.5 Å². The number of fused-ring (bicyclic) bond motifs is 1. The van der Waals surface area contributed by atoms with Crippen LogP contribution in [-0.4, -0.2) is 18.1 Å². The number of likely N-dealkylation sites (N-methyl/N-ethyl adjacent to an activating group) is 1. The van der Waals surface area contributed by atoms with Crippen molar-refractivity contribution in [2.75, 3.05) is 11.9 Å². The Morgan fingerprint density at radius 3 is 2.59 bits per heavy atom. The van der Waals surface area contributed by atoms with Gasteiger partial charge in [0.15, 0.2) is 11.6 Å². The van der Waals surface area contributed by atoms with Crippen LogP contribution >= 0.6 is 11.6 Å². The summed E-state index contributed by atoms with van der Waals surface area (Å²) in [6, 6.07) is 5.17. The Labute approximate surface area is 167 Å². The molecule has 2 aromatic carbocycles. The minimum absolute atomic E-state index is 0.0617. The summed E-state index contributed by atoms with van der Waals surface area (Å²) in [4.78, 5) is 11.7. The minimum atomic E-state index is -4.75. The molecule has 0 radical (unpaired) electrons. The fourth-order valence-corrected chi connectivity index (χ4v) is 3.08. The number of nitro groups is 1. The first-order chi connectivity index (χ1) is 13.5. The van der Waals surface area contributed by atoms with Gasteiger partial charge in [-0.2, -0.15) is 13.2 Å². The Bertz CT molecular complexity index is 987. The second kappa shape index (κ2) is 7.43. The summed E-state index contributed by atoms with van der Waals surface area (Å²) >= 11 is 5.77. The zero-order chi connectivity index (χ0) is 21.5. The van der Waals surface area contributed by atoms with Crippen molar-refractivity contribution in [3.63, 3.8) is 0 Å². The molecule has 3 rings (SSSR count). The van der Waals surface area contributed by atoms with Gasteiger partial charge in [0.05, 0.1) is 21.2 Å². The molecule has 0 aliphatic carbocycles. The van der Waals surface area contributed by atoms with Crippen LogP contribution in [0.4, 0.5) is 23.2 Å². The largest absolute Gasteiger partial charge is 0.482 e. The summed E-state index contributed by atoms with van der Waals surface area (Å²) in [5, 5.41) is 10.2. The molecular formula is C18H13ClF4N2O4. The lowest BCUT2D eigenvalue weighted by molar-refractivity contribution is -0.404. The molecule has 0 fully saturated rings. The molecule has 29 heavy (non-hydrogen) atoms. The molecule has 0 spiro atoms. The normalized spacial score (nSPS) is 17.7. The molecule has 0 aromatic heterocycles. The summed E-state index contributed by atoms with van der Waals surface area (Å²) in [7, 11) is 1.61. The van der Waals surface area contributed by atoms with Crippen LogP contribution in [0.2, 0.25) is 5.02 Å². The Hall–Kier alpha value is -3.01. The third kappa shape index (κ3) is 4.21. The lowest BCUT2D eigenvalue weighted by atomic mass is 10.1. The molecule has 1 atom stereocenters. The van der Waals surface area contributed by atoms with Gasteiger partial charge in [-0.1, -0.05) is 11.6 Å². The highest BCUT2D eigenvalue weighted by atomic mass is 35.5. The zero-order valence-electron chi connectivity index (χ0n) is 15.0. The predicted octanol–water partition coefficient (Wildman–Crippen LogP) is 5.63. The summed E-state index contributed by atoms with van der Waals surface area (Å²) in [6.07, 6.45) is -4.58. The van der Waals surface area contributed by atoms with Crippen molar-refractivity contribution < 1.29 is 32.0 Å². The summed E-state index contributed by atoms with van der Waals surface area (Å²) in [5.74, 6) is -1.48. The maximum absolute atomic E-state index is 14.1. The number of rotatable bonds is 3. The van der Waals surface area contributed by atoms with Crippen molar-refractivity contribution in [2.45, 2.75) is 19.2 Å². The average molecular weight is 433 g/mol. The van der Waals surface area contributed by atoms with Crippen LogP contribution in [0, 0.1) is 15.9 Å². The monoisotopic (exact) mass is 432 g/mol. The molecule has 1 unspecified atom stereocenters. The van der Waals surface area contributed by atoms with Crippen LogP contribution in [0.3, 0.4) is 0 Å². The van der Waals surface area contributed by atoms with E-state index in [1.54, 1.807) is 18.9 Å². The van der Waals surface area contributed by atoms with E-state index in [2.05, 4.69) is 0 Å². The number of hydrogen-bond donors (Lipinski definition) is 0. The molecular weight excluding hydrogens is 420 g/mol. The molecule has 2 aromatic rings. The highest BCUT2D eigenvalue weighted by Crippen LogP contribution is 2.42. The molecule has 1 heterocycles. The summed E-state index contributed by atoms with van der Waals surface area (Å²) < 4.78 is 63.4. The number of alkyl halides is 3. The molecule has 0 saturated heterocycles. The smallest absolute Gasteiger partial charge is 0.416 e. The van der Waals surface area contributed by atoms with Crippen molar-refractivity contribution in [1.82, 2.24) is 0 Å². The Kier molecular flexibility index (Phi) is 5.31. The Morgan fingerprint density at radius 2 is 2.00 bits per heavy atom. The Morgan fingerprint density at radius 1 is 1.31 bits per heavy atom. The lowest BCUT2D eigenvalue weighted by Crippen LogP contribution is -2.34. The minimum Gasteiger partial charge on any atom is -0.482 e. The van der Waals surface area contributed by atoms with E-state index in [0.717, 1.165) is 6.20 Å². The van der Waals surface area contributed by atoms with Crippen LogP contribution in [-0.2, 0) is 6.18 Å². The van der Waals surface area contributed by atoms with Crippen molar-refractivity contribution in [2.24, 2.45) is 0 Å². The van der Waals surface area contributed by atoms with E-state index in [4.69, 9.17) is 21.1 Å². The van der Waals surface area contributed by atoms with E-state index in [0.29, 0.717) is 29.3 Å². The second-order valence-corrected chi connectivity index (χ2v) is 6.56. The molecule has 6 nitrogen and oxygen atoms in total. The Balaban J connectivity index is 1.93. The zero-order valence-corrected chi connectivity index (χ0v) is 15.7. The molecule has 1 aliphatic rings. The molecule has 0 bridgehead atoms. The van der Waals surface area contributed by atoms with Crippen molar-refractivity contribution in [3.8, 4) is 17.2 Å². The molecule has 0 amide bonds. The quantitative estimate of drug-likeness (QED) is 0.357. The third-order valence-electron chi connectivity index (χ3n) is 4.18. The van der Waals surface area contributed by atoms with Gasteiger partial charge >= 0.3 is 6.18 Å². The topological polar surface area (TPSA) is 64.8 Å². The molecule has 0 saturated carbocycles. The maximum atomic E-state index is 14.1. The first kappa shape index (κ1) is 20.7. The van der Waals surface area contributed by atoms with Crippen LogP contribution < -0.4 is 14.4 Å². The van der Waals surface area contributed by atoms with Crippen molar-refractivity contribution in [3.05, 3.63) is 68.7 Å². The van der Waals surface area contributed by atoms with Gasteiger partial charge in [0.25, 0.3) is 6.20 Å².